The quantitative estimate of drug-likeness (QED) is 0.781. The number of nitrogens with one attached hydrogen (secondary N) is 2. The molecule has 1 rings (SSSR count). The zero-order valence-electron chi connectivity index (χ0n) is 8.14. The van der Waals surface area contributed by atoms with Crippen LogP contribution < -0.4 is 10.6 Å². The van der Waals surface area contributed by atoms with Crippen LogP contribution in [0.3, 0.4) is 0 Å². The number of halogens is 4. The molecule has 3 amide bonds. The molecule has 0 atom stereocenters. The molecular weight excluding hydrogens is 310 g/mol. The van der Waals surface area contributed by atoms with Crippen molar-refractivity contribution in [2.24, 2.45) is 0 Å². The van der Waals surface area contributed by atoms with Crippen LogP contribution in [0.1, 0.15) is 0 Å². The number of alkyl halides is 3. The highest BCUT2D eigenvalue weighted by atomic mass is 35.6. The van der Waals surface area contributed by atoms with Crippen molar-refractivity contribution >= 4 is 64.0 Å². The molecule has 0 aromatic heterocycles. The lowest BCUT2D eigenvalue weighted by Gasteiger charge is -2.11. The van der Waals surface area contributed by atoms with Gasteiger partial charge in [-0.2, -0.15) is 0 Å². The summed E-state index contributed by atoms with van der Waals surface area (Å²) in [5.41, 5.74) is 0.448. The number of amides is 3. The average molecular weight is 316 g/mol. The Morgan fingerprint density at radius 1 is 1.06 bits per heavy atom. The molecule has 2 N–H and O–H groups in total. The van der Waals surface area contributed by atoms with Gasteiger partial charge in [0.15, 0.2) is 0 Å². The maximum absolute atomic E-state index is 11.3. The van der Waals surface area contributed by atoms with Crippen molar-refractivity contribution in [2.75, 3.05) is 5.32 Å². The molecule has 0 bridgehead atoms. The molecule has 0 heterocycles. The third-order valence-corrected chi connectivity index (χ3v) is 2.35. The molecule has 0 aliphatic heterocycles. The first-order valence-corrected chi connectivity index (χ1v) is 5.75. The summed E-state index contributed by atoms with van der Waals surface area (Å²) in [4.78, 5) is 22.4. The van der Waals surface area contributed by atoms with Crippen LogP contribution in [-0.2, 0) is 4.79 Å². The molecule has 0 radical (unpaired) electrons. The maximum Gasteiger partial charge on any atom is 0.326 e. The summed E-state index contributed by atoms with van der Waals surface area (Å²) in [5, 5.41) is 4.75. The van der Waals surface area contributed by atoms with E-state index in [4.69, 9.17) is 46.4 Å². The monoisotopic (exact) mass is 314 g/mol. The molecule has 17 heavy (non-hydrogen) atoms. The molecule has 0 saturated heterocycles. The van der Waals surface area contributed by atoms with Gasteiger partial charge in [-0.3, -0.25) is 10.1 Å². The third-order valence-electron chi connectivity index (χ3n) is 1.59. The molecule has 0 spiro atoms. The van der Waals surface area contributed by atoms with Crippen LogP contribution in [0.5, 0.6) is 0 Å². The maximum atomic E-state index is 11.3. The van der Waals surface area contributed by atoms with Gasteiger partial charge in [0.25, 0.3) is 9.70 Å². The Bertz CT molecular complexity index is 428. The number of hydrogen-bond acceptors (Lipinski definition) is 2. The van der Waals surface area contributed by atoms with Crippen LogP contribution >= 0.6 is 46.4 Å². The summed E-state index contributed by atoms with van der Waals surface area (Å²) in [6, 6.07) is 5.47. The predicted molar refractivity (Wildman–Crippen MR) is 68.9 cm³/mol. The number of anilines is 1. The van der Waals surface area contributed by atoms with Crippen molar-refractivity contribution in [3.8, 4) is 0 Å². The van der Waals surface area contributed by atoms with Crippen molar-refractivity contribution in [1.29, 1.82) is 0 Å². The zero-order valence-corrected chi connectivity index (χ0v) is 11.2. The molecule has 0 fully saturated rings. The summed E-state index contributed by atoms with van der Waals surface area (Å²) in [6.07, 6.45) is 0. The highest BCUT2D eigenvalue weighted by molar-refractivity contribution is 6.76. The molecule has 1 aromatic carbocycles. The van der Waals surface area contributed by atoms with E-state index in [1.54, 1.807) is 24.3 Å². The lowest BCUT2D eigenvalue weighted by molar-refractivity contribution is -0.119. The molecule has 4 nitrogen and oxygen atoms in total. The van der Waals surface area contributed by atoms with Gasteiger partial charge in [-0.25, -0.2) is 4.79 Å². The van der Waals surface area contributed by atoms with Gasteiger partial charge in [0.2, 0.25) is 0 Å². The van der Waals surface area contributed by atoms with E-state index in [9.17, 15) is 9.59 Å². The summed E-state index contributed by atoms with van der Waals surface area (Å²) in [7, 11) is 0. The van der Waals surface area contributed by atoms with Crippen LogP contribution in [0.15, 0.2) is 24.3 Å². The Balaban J connectivity index is 2.56. The lowest BCUT2D eigenvalue weighted by atomic mass is 10.3. The number of imide groups is 1. The van der Waals surface area contributed by atoms with Crippen molar-refractivity contribution in [1.82, 2.24) is 5.32 Å². The minimum absolute atomic E-state index is 0.448. The minimum Gasteiger partial charge on any atom is -0.308 e. The Morgan fingerprint density at radius 3 is 2.06 bits per heavy atom. The van der Waals surface area contributed by atoms with E-state index in [1.165, 1.54) is 0 Å². The molecule has 92 valence electrons. The predicted octanol–water partition coefficient (Wildman–Crippen LogP) is 3.36. The van der Waals surface area contributed by atoms with Gasteiger partial charge in [0, 0.05) is 10.7 Å². The van der Waals surface area contributed by atoms with E-state index in [-0.39, 0.29) is 0 Å². The van der Waals surface area contributed by atoms with Crippen molar-refractivity contribution in [3.05, 3.63) is 29.3 Å². The summed E-state index contributed by atoms with van der Waals surface area (Å²) < 4.78 is -2.18. The number of carbonyl (C=O) groups excluding carboxylic acids is 2. The Kier molecular flexibility index (Phi) is 4.89. The Hall–Kier alpha value is -0.680. The third kappa shape index (κ3) is 5.00. The van der Waals surface area contributed by atoms with Crippen LogP contribution in [0, 0.1) is 0 Å². The van der Waals surface area contributed by atoms with Crippen LogP contribution in [0.2, 0.25) is 5.02 Å². The number of carbonyl (C=O) groups is 2. The first-order valence-electron chi connectivity index (χ1n) is 4.24. The zero-order chi connectivity index (χ0) is 13.1. The van der Waals surface area contributed by atoms with Gasteiger partial charge in [-0.1, -0.05) is 46.4 Å². The Labute approximate surface area is 117 Å². The van der Waals surface area contributed by atoms with E-state index < -0.39 is 15.7 Å². The molecule has 0 aliphatic rings. The Morgan fingerprint density at radius 2 is 1.59 bits per heavy atom. The highest BCUT2D eigenvalue weighted by Crippen LogP contribution is 2.25. The van der Waals surface area contributed by atoms with Crippen molar-refractivity contribution < 1.29 is 9.59 Å². The SMILES string of the molecule is O=C(NC(=O)C(Cl)(Cl)Cl)Nc1ccc(Cl)cc1. The van der Waals surface area contributed by atoms with Gasteiger partial charge in [-0.15, -0.1) is 0 Å². The standard InChI is InChI=1S/C9H6Cl4N2O2/c10-5-1-3-6(4-2-5)14-8(17)15-7(16)9(11,12)13/h1-4H,(H2,14,15,16,17). The molecule has 8 heteroatoms. The van der Waals surface area contributed by atoms with E-state index in [0.717, 1.165) is 0 Å². The smallest absolute Gasteiger partial charge is 0.308 e. The first kappa shape index (κ1) is 14.4. The molecule has 0 aliphatic carbocycles. The topological polar surface area (TPSA) is 58.2 Å². The van der Waals surface area contributed by atoms with E-state index in [2.05, 4.69) is 5.32 Å². The van der Waals surface area contributed by atoms with Crippen LogP contribution in [0.25, 0.3) is 0 Å². The van der Waals surface area contributed by atoms with Gasteiger partial charge in [-0.05, 0) is 24.3 Å². The number of benzene rings is 1. The average Bonchev–Trinajstić information content (AvgIpc) is 2.20. The number of urea groups is 1. The fourth-order valence-corrected chi connectivity index (χ4v) is 1.14. The second-order valence-electron chi connectivity index (χ2n) is 2.91. The second-order valence-corrected chi connectivity index (χ2v) is 5.63. The molecule has 0 unspecified atom stereocenters. The van der Waals surface area contributed by atoms with E-state index >= 15 is 0 Å². The fourth-order valence-electron chi connectivity index (χ4n) is 0.870. The van der Waals surface area contributed by atoms with Crippen LogP contribution in [0.4, 0.5) is 10.5 Å². The second kappa shape index (κ2) is 5.78. The molecule has 1 aromatic rings. The van der Waals surface area contributed by atoms with E-state index in [0.29, 0.717) is 10.7 Å². The van der Waals surface area contributed by atoms with Gasteiger partial charge in [0.1, 0.15) is 0 Å². The minimum atomic E-state index is -2.18. The van der Waals surface area contributed by atoms with Gasteiger partial charge < -0.3 is 5.32 Å². The van der Waals surface area contributed by atoms with Crippen molar-refractivity contribution in [2.45, 2.75) is 3.79 Å². The van der Waals surface area contributed by atoms with Crippen LogP contribution in [-0.4, -0.2) is 15.7 Å². The number of hydrogen-bond donors (Lipinski definition) is 2. The van der Waals surface area contributed by atoms with E-state index in [1.807, 2.05) is 5.32 Å². The molecule has 0 saturated carbocycles. The normalized spacial score (nSPS) is 10.8. The number of rotatable bonds is 1. The highest BCUT2D eigenvalue weighted by Gasteiger charge is 2.31. The van der Waals surface area contributed by atoms with Crippen molar-refractivity contribution in [3.63, 3.8) is 0 Å². The summed E-state index contributed by atoms with van der Waals surface area (Å²) in [6.45, 7) is 0. The van der Waals surface area contributed by atoms with Gasteiger partial charge in [0.05, 0.1) is 0 Å². The summed E-state index contributed by atoms with van der Waals surface area (Å²) >= 11 is 21.5. The summed E-state index contributed by atoms with van der Waals surface area (Å²) in [5.74, 6) is -1.03. The largest absolute Gasteiger partial charge is 0.326 e. The fraction of sp³-hybridized carbons (Fsp3) is 0.111. The molecular formula is C9H6Cl4N2O2. The first-order chi connectivity index (χ1) is 7.79. The van der Waals surface area contributed by atoms with Gasteiger partial charge >= 0.3 is 6.03 Å². The lowest BCUT2D eigenvalue weighted by Crippen LogP contribution is -2.41.